The molecule has 0 aromatic heterocycles. The summed E-state index contributed by atoms with van der Waals surface area (Å²) in [6.07, 6.45) is 2.63. The van der Waals surface area contributed by atoms with Gasteiger partial charge >= 0.3 is 0 Å². The van der Waals surface area contributed by atoms with Crippen molar-refractivity contribution in [2.75, 3.05) is 13.2 Å². The van der Waals surface area contributed by atoms with Crippen LogP contribution in [0.3, 0.4) is 0 Å². The van der Waals surface area contributed by atoms with Crippen molar-refractivity contribution in [2.45, 2.75) is 25.3 Å². The summed E-state index contributed by atoms with van der Waals surface area (Å²) in [7, 11) is 0. The molecule has 4 rings (SSSR count). The monoisotopic (exact) mass is 357 g/mol. The average molecular weight is 358 g/mol. The van der Waals surface area contributed by atoms with E-state index in [-0.39, 0.29) is 11.9 Å². The van der Waals surface area contributed by atoms with Gasteiger partial charge < -0.3 is 14.8 Å². The van der Waals surface area contributed by atoms with Gasteiger partial charge in [0, 0.05) is 5.02 Å². The van der Waals surface area contributed by atoms with Gasteiger partial charge in [-0.3, -0.25) is 4.79 Å². The van der Waals surface area contributed by atoms with Gasteiger partial charge in [0.2, 0.25) is 5.91 Å². The minimum Gasteiger partial charge on any atom is -0.486 e. The number of halogens is 1. The summed E-state index contributed by atoms with van der Waals surface area (Å²) in [6, 6.07) is 13.5. The molecule has 1 fully saturated rings. The number of rotatable bonds is 5. The fraction of sp³-hybridized carbons (Fsp3) is 0.350. The SMILES string of the molecule is O=C(Cc1ccc2c(c1)OCCO2)NC(c1ccc(Cl)cc1)C1CC1. The van der Waals surface area contributed by atoms with Crippen LogP contribution in [-0.2, 0) is 11.2 Å². The third-order valence-corrected chi connectivity index (χ3v) is 4.86. The molecule has 130 valence electrons. The zero-order valence-electron chi connectivity index (χ0n) is 13.8. The first-order valence-corrected chi connectivity index (χ1v) is 9.00. The topological polar surface area (TPSA) is 47.6 Å². The number of nitrogens with one attached hydrogen (secondary N) is 1. The smallest absolute Gasteiger partial charge is 0.224 e. The summed E-state index contributed by atoms with van der Waals surface area (Å²) in [4.78, 5) is 12.6. The summed E-state index contributed by atoms with van der Waals surface area (Å²) in [5.74, 6) is 1.99. The van der Waals surface area contributed by atoms with Gasteiger partial charge in [-0.15, -0.1) is 0 Å². The lowest BCUT2D eigenvalue weighted by atomic mass is 10.0. The number of carbonyl (C=O) groups excluding carboxylic acids is 1. The second-order valence-electron chi connectivity index (χ2n) is 6.59. The molecule has 2 aliphatic rings. The number of benzene rings is 2. The van der Waals surface area contributed by atoms with E-state index in [1.165, 1.54) is 0 Å². The van der Waals surface area contributed by atoms with E-state index in [0.717, 1.165) is 29.7 Å². The molecule has 2 aromatic carbocycles. The van der Waals surface area contributed by atoms with Crippen molar-refractivity contribution in [1.82, 2.24) is 5.32 Å². The van der Waals surface area contributed by atoms with E-state index in [1.54, 1.807) is 0 Å². The second kappa shape index (κ2) is 6.96. The van der Waals surface area contributed by atoms with Crippen molar-refractivity contribution in [3.05, 3.63) is 58.6 Å². The Morgan fingerprint density at radius 2 is 1.80 bits per heavy atom. The van der Waals surface area contributed by atoms with Gasteiger partial charge in [-0.1, -0.05) is 29.8 Å². The van der Waals surface area contributed by atoms with Crippen LogP contribution in [0.25, 0.3) is 0 Å². The van der Waals surface area contributed by atoms with Crippen molar-refractivity contribution in [2.24, 2.45) is 5.92 Å². The summed E-state index contributed by atoms with van der Waals surface area (Å²) in [5.41, 5.74) is 2.04. The van der Waals surface area contributed by atoms with Gasteiger partial charge in [-0.2, -0.15) is 0 Å². The average Bonchev–Trinajstić information content (AvgIpc) is 3.45. The van der Waals surface area contributed by atoms with E-state index in [0.29, 0.717) is 36.3 Å². The second-order valence-corrected chi connectivity index (χ2v) is 7.03. The molecule has 1 aliphatic heterocycles. The first-order chi connectivity index (χ1) is 12.2. The number of fused-ring (bicyclic) bond motifs is 1. The van der Waals surface area contributed by atoms with Crippen LogP contribution >= 0.6 is 11.6 Å². The van der Waals surface area contributed by atoms with Crippen molar-refractivity contribution in [3.8, 4) is 11.5 Å². The van der Waals surface area contributed by atoms with Crippen molar-refractivity contribution in [1.29, 1.82) is 0 Å². The molecular weight excluding hydrogens is 338 g/mol. The van der Waals surface area contributed by atoms with Gasteiger partial charge in [0.15, 0.2) is 11.5 Å². The number of carbonyl (C=O) groups is 1. The lowest BCUT2D eigenvalue weighted by molar-refractivity contribution is -0.121. The van der Waals surface area contributed by atoms with E-state index < -0.39 is 0 Å². The molecule has 0 spiro atoms. The van der Waals surface area contributed by atoms with Crippen molar-refractivity contribution in [3.63, 3.8) is 0 Å². The van der Waals surface area contributed by atoms with Crippen LogP contribution in [0, 0.1) is 5.92 Å². The standard InChI is InChI=1S/C20H20ClNO3/c21-16-6-4-15(5-7-16)20(14-2-3-14)22-19(23)12-13-1-8-17-18(11-13)25-10-9-24-17/h1,4-8,11,14,20H,2-3,9-10,12H2,(H,22,23). The van der Waals surface area contributed by atoms with Crippen LogP contribution in [0.15, 0.2) is 42.5 Å². The lowest BCUT2D eigenvalue weighted by Crippen LogP contribution is -2.31. The summed E-state index contributed by atoms with van der Waals surface area (Å²) in [5, 5.41) is 3.90. The fourth-order valence-corrected chi connectivity index (χ4v) is 3.31. The quantitative estimate of drug-likeness (QED) is 0.882. The molecule has 25 heavy (non-hydrogen) atoms. The van der Waals surface area contributed by atoms with Crippen LogP contribution in [-0.4, -0.2) is 19.1 Å². The van der Waals surface area contributed by atoms with E-state index in [4.69, 9.17) is 21.1 Å². The highest BCUT2D eigenvalue weighted by Gasteiger charge is 2.33. The molecule has 1 heterocycles. The van der Waals surface area contributed by atoms with Crippen molar-refractivity contribution < 1.29 is 14.3 Å². The van der Waals surface area contributed by atoms with Gasteiger partial charge in [-0.05, 0) is 54.2 Å². The zero-order valence-corrected chi connectivity index (χ0v) is 14.6. The Morgan fingerprint density at radius 1 is 1.08 bits per heavy atom. The van der Waals surface area contributed by atoms with Crippen LogP contribution in [0.1, 0.15) is 30.0 Å². The Morgan fingerprint density at radius 3 is 2.52 bits per heavy atom. The molecular formula is C20H20ClNO3. The number of amides is 1. The highest BCUT2D eigenvalue weighted by molar-refractivity contribution is 6.30. The normalized spacial score (nSPS) is 17.0. The summed E-state index contributed by atoms with van der Waals surface area (Å²) >= 11 is 5.97. The molecule has 1 unspecified atom stereocenters. The highest BCUT2D eigenvalue weighted by Crippen LogP contribution is 2.41. The maximum atomic E-state index is 12.6. The summed E-state index contributed by atoms with van der Waals surface area (Å²) in [6.45, 7) is 1.11. The number of hydrogen-bond acceptors (Lipinski definition) is 3. The Labute approximate surface area is 152 Å². The molecule has 1 N–H and O–H groups in total. The maximum Gasteiger partial charge on any atom is 0.224 e. The number of hydrogen-bond donors (Lipinski definition) is 1. The van der Waals surface area contributed by atoms with E-state index in [9.17, 15) is 4.79 Å². The van der Waals surface area contributed by atoms with Gasteiger partial charge in [0.05, 0.1) is 12.5 Å². The first-order valence-electron chi connectivity index (χ1n) is 8.62. The predicted molar refractivity (Wildman–Crippen MR) is 96.2 cm³/mol. The number of ether oxygens (including phenoxy) is 2. The largest absolute Gasteiger partial charge is 0.486 e. The third-order valence-electron chi connectivity index (χ3n) is 4.61. The van der Waals surface area contributed by atoms with Gasteiger partial charge in [-0.25, -0.2) is 0 Å². The fourth-order valence-electron chi connectivity index (χ4n) is 3.18. The highest BCUT2D eigenvalue weighted by atomic mass is 35.5. The first kappa shape index (κ1) is 16.3. The Hall–Kier alpha value is -2.20. The molecule has 0 bridgehead atoms. The zero-order chi connectivity index (χ0) is 17.2. The van der Waals surface area contributed by atoms with Crippen LogP contribution in [0.5, 0.6) is 11.5 Å². The molecule has 1 amide bonds. The minimum absolute atomic E-state index is 0.0172. The molecule has 4 nitrogen and oxygen atoms in total. The van der Waals surface area contributed by atoms with Gasteiger partial charge in [0.1, 0.15) is 13.2 Å². The molecule has 2 aromatic rings. The van der Waals surface area contributed by atoms with Crippen LogP contribution in [0.4, 0.5) is 0 Å². The Bertz CT molecular complexity index is 771. The Balaban J connectivity index is 1.44. The minimum atomic E-state index is 0.0172. The molecule has 0 radical (unpaired) electrons. The molecule has 0 saturated heterocycles. The van der Waals surface area contributed by atoms with E-state index >= 15 is 0 Å². The Kier molecular flexibility index (Phi) is 4.53. The molecule has 1 saturated carbocycles. The van der Waals surface area contributed by atoms with Crippen LogP contribution in [0.2, 0.25) is 5.02 Å². The third kappa shape index (κ3) is 3.90. The van der Waals surface area contributed by atoms with E-state index in [2.05, 4.69) is 5.32 Å². The van der Waals surface area contributed by atoms with E-state index in [1.807, 2.05) is 42.5 Å². The molecule has 1 atom stereocenters. The maximum absolute atomic E-state index is 12.6. The molecule has 5 heteroatoms. The van der Waals surface area contributed by atoms with Gasteiger partial charge in [0.25, 0.3) is 0 Å². The summed E-state index contributed by atoms with van der Waals surface area (Å²) < 4.78 is 11.1. The molecule has 1 aliphatic carbocycles. The predicted octanol–water partition coefficient (Wildman–Crippen LogP) is 3.92. The lowest BCUT2D eigenvalue weighted by Gasteiger charge is -2.20. The van der Waals surface area contributed by atoms with Crippen LogP contribution < -0.4 is 14.8 Å². The van der Waals surface area contributed by atoms with Crippen molar-refractivity contribution >= 4 is 17.5 Å².